The summed E-state index contributed by atoms with van der Waals surface area (Å²) in [5.74, 6) is -1.44. The molecule has 102 valence electrons. The number of para-hydroxylation sites is 2. The number of amides is 2. The van der Waals surface area contributed by atoms with Gasteiger partial charge in [-0.05, 0) is 25.0 Å². The van der Waals surface area contributed by atoms with E-state index in [-0.39, 0.29) is 17.5 Å². The third-order valence-corrected chi connectivity index (χ3v) is 3.30. The first-order chi connectivity index (χ1) is 9.16. The molecule has 3 N–H and O–H groups in total. The average Bonchev–Trinajstić information content (AvgIpc) is 2.42. The van der Waals surface area contributed by atoms with Crippen molar-refractivity contribution in [2.45, 2.75) is 38.1 Å². The second-order valence-electron chi connectivity index (χ2n) is 4.78. The van der Waals surface area contributed by atoms with Crippen molar-refractivity contribution < 1.29 is 14.7 Å². The van der Waals surface area contributed by atoms with Crippen molar-refractivity contribution in [2.24, 2.45) is 0 Å². The van der Waals surface area contributed by atoms with Gasteiger partial charge in [-0.3, -0.25) is 9.59 Å². The van der Waals surface area contributed by atoms with Crippen LogP contribution in [-0.2, 0) is 9.59 Å². The van der Waals surface area contributed by atoms with Crippen LogP contribution in [0.1, 0.15) is 32.1 Å². The first-order valence-electron chi connectivity index (χ1n) is 6.56. The summed E-state index contributed by atoms with van der Waals surface area (Å²) in [5, 5.41) is 14.6. The molecule has 1 fully saturated rings. The summed E-state index contributed by atoms with van der Waals surface area (Å²) in [7, 11) is 0. The number of rotatable bonds is 2. The molecule has 2 rings (SSSR count). The number of hydrogen-bond donors (Lipinski definition) is 3. The van der Waals surface area contributed by atoms with Crippen LogP contribution in [0.15, 0.2) is 24.3 Å². The lowest BCUT2D eigenvalue weighted by Gasteiger charge is -2.22. The second-order valence-corrected chi connectivity index (χ2v) is 4.78. The number of benzene rings is 1. The van der Waals surface area contributed by atoms with Gasteiger partial charge in [0.05, 0.1) is 5.69 Å². The Kier molecular flexibility index (Phi) is 4.39. The lowest BCUT2D eigenvalue weighted by molar-refractivity contribution is -0.136. The van der Waals surface area contributed by atoms with Crippen molar-refractivity contribution in [3.05, 3.63) is 24.3 Å². The van der Waals surface area contributed by atoms with Crippen molar-refractivity contribution >= 4 is 17.5 Å². The summed E-state index contributed by atoms with van der Waals surface area (Å²) >= 11 is 0. The summed E-state index contributed by atoms with van der Waals surface area (Å²) in [6, 6.07) is 6.41. The number of aromatic hydroxyl groups is 1. The Labute approximate surface area is 112 Å². The zero-order chi connectivity index (χ0) is 13.7. The van der Waals surface area contributed by atoms with Crippen molar-refractivity contribution in [3.8, 4) is 5.75 Å². The second kappa shape index (κ2) is 6.22. The number of hydrogen-bond acceptors (Lipinski definition) is 3. The highest BCUT2D eigenvalue weighted by atomic mass is 16.3. The van der Waals surface area contributed by atoms with Crippen molar-refractivity contribution in [2.75, 3.05) is 5.32 Å². The Morgan fingerprint density at radius 3 is 2.42 bits per heavy atom. The van der Waals surface area contributed by atoms with Gasteiger partial charge in [0, 0.05) is 6.04 Å². The van der Waals surface area contributed by atoms with Gasteiger partial charge >= 0.3 is 11.8 Å². The molecule has 1 saturated carbocycles. The van der Waals surface area contributed by atoms with Crippen LogP contribution in [0.25, 0.3) is 0 Å². The lowest BCUT2D eigenvalue weighted by Crippen LogP contribution is -2.42. The standard InChI is InChI=1S/C14H18N2O3/c17-12-9-5-4-8-11(12)16-14(19)13(18)15-10-6-2-1-3-7-10/h4-5,8-10,17H,1-3,6-7H2,(H,15,18)(H,16,19). The third-order valence-electron chi connectivity index (χ3n) is 3.30. The zero-order valence-electron chi connectivity index (χ0n) is 10.7. The van der Waals surface area contributed by atoms with Crippen molar-refractivity contribution in [3.63, 3.8) is 0 Å². The van der Waals surface area contributed by atoms with E-state index < -0.39 is 11.8 Å². The number of carbonyl (C=O) groups excluding carboxylic acids is 2. The summed E-state index contributed by atoms with van der Waals surface area (Å²) in [5.41, 5.74) is 0.242. The number of phenolic OH excluding ortho intramolecular Hbond substituents is 1. The van der Waals surface area contributed by atoms with E-state index >= 15 is 0 Å². The SMILES string of the molecule is O=C(Nc1ccccc1O)C(=O)NC1CCCCC1. The van der Waals surface area contributed by atoms with Crippen LogP contribution in [0.4, 0.5) is 5.69 Å². The van der Waals surface area contributed by atoms with Crippen LogP contribution in [-0.4, -0.2) is 23.0 Å². The molecule has 0 spiro atoms. The van der Waals surface area contributed by atoms with Gasteiger partial charge in [0.15, 0.2) is 0 Å². The van der Waals surface area contributed by atoms with Gasteiger partial charge in [-0.1, -0.05) is 31.4 Å². The monoisotopic (exact) mass is 262 g/mol. The molecule has 0 atom stereocenters. The Bertz CT molecular complexity index is 468. The molecule has 1 aromatic rings. The highest BCUT2D eigenvalue weighted by Crippen LogP contribution is 2.21. The maximum atomic E-state index is 11.7. The molecule has 0 unspecified atom stereocenters. The summed E-state index contributed by atoms with van der Waals surface area (Å²) < 4.78 is 0. The Morgan fingerprint density at radius 1 is 1.05 bits per heavy atom. The van der Waals surface area contributed by atoms with E-state index in [0.717, 1.165) is 25.7 Å². The summed E-state index contributed by atoms with van der Waals surface area (Å²) in [6.07, 6.45) is 5.22. The van der Waals surface area contributed by atoms with Gasteiger partial charge in [0.1, 0.15) is 5.75 Å². The number of anilines is 1. The van der Waals surface area contributed by atoms with E-state index in [1.807, 2.05) is 0 Å². The van der Waals surface area contributed by atoms with E-state index in [1.165, 1.54) is 12.5 Å². The minimum atomic E-state index is -0.743. The van der Waals surface area contributed by atoms with Gasteiger partial charge in [-0.2, -0.15) is 0 Å². The first-order valence-corrected chi connectivity index (χ1v) is 6.56. The van der Waals surface area contributed by atoms with Crippen LogP contribution in [0, 0.1) is 0 Å². The molecule has 0 bridgehead atoms. The highest BCUT2D eigenvalue weighted by molar-refractivity contribution is 6.39. The molecule has 0 aromatic heterocycles. The van der Waals surface area contributed by atoms with Crippen LogP contribution in [0.5, 0.6) is 5.75 Å². The molecule has 2 amide bonds. The maximum Gasteiger partial charge on any atom is 0.313 e. The van der Waals surface area contributed by atoms with Gasteiger partial charge < -0.3 is 15.7 Å². The molecule has 0 saturated heterocycles. The van der Waals surface area contributed by atoms with E-state index in [4.69, 9.17) is 0 Å². The quantitative estimate of drug-likeness (QED) is 0.561. The predicted molar refractivity (Wildman–Crippen MR) is 71.8 cm³/mol. The fourth-order valence-corrected chi connectivity index (χ4v) is 2.26. The molecule has 5 heteroatoms. The summed E-state index contributed by atoms with van der Waals surface area (Å²) in [4.78, 5) is 23.4. The molecular formula is C14H18N2O3. The highest BCUT2D eigenvalue weighted by Gasteiger charge is 2.20. The molecule has 1 aliphatic carbocycles. The molecular weight excluding hydrogens is 244 g/mol. The van der Waals surface area contributed by atoms with E-state index in [1.54, 1.807) is 18.2 Å². The van der Waals surface area contributed by atoms with Gasteiger partial charge in [0.2, 0.25) is 0 Å². The van der Waals surface area contributed by atoms with E-state index in [9.17, 15) is 14.7 Å². The molecule has 5 nitrogen and oxygen atoms in total. The predicted octanol–water partition coefficient (Wildman–Crippen LogP) is 1.78. The zero-order valence-corrected chi connectivity index (χ0v) is 10.7. The maximum absolute atomic E-state index is 11.7. The molecule has 19 heavy (non-hydrogen) atoms. The van der Waals surface area contributed by atoms with Crippen molar-refractivity contribution in [1.29, 1.82) is 0 Å². The fourth-order valence-electron chi connectivity index (χ4n) is 2.26. The largest absolute Gasteiger partial charge is 0.506 e. The molecule has 0 aliphatic heterocycles. The van der Waals surface area contributed by atoms with E-state index in [2.05, 4.69) is 10.6 Å². The van der Waals surface area contributed by atoms with Crippen LogP contribution >= 0.6 is 0 Å². The molecule has 1 aromatic carbocycles. The average molecular weight is 262 g/mol. The first kappa shape index (κ1) is 13.4. The fraction of sp³-hybridized carbons (Fsp3) is 0.429. The minimum Gasteiger partial charge on any atom is -0.506 e. The van der Waals surface area contributed by atoms with E-state index in [0.29, 0.717) is 0 Å². The topological polar surface area (TPSA) is 78.4 Å². The normalized spacial score (nSPS) is 15.8. The van der Waals surface area contributed by atoms with Gasteiger partial charge in [0.25, 0.3) is 0 Å². The number of nitrogens with one attached hydrogen (secondary N) is 2. The lowest BCUT2D eigenvalue weighted by atomic mass is 9.95. The van der Waals surface area contributed by atoms with Crippen LogP contribution in [0.2, 0.25) is 0 Å². The molecule has 0 radical (unpaired) electrons. The van der Waals surface area contributed by atoms with Gasteiger partial charge in [-0.15, -0.1) is 0 Å². The number of carbonyl (C=O) groups is 2. The third kappa shape index (κ3) is 3.71. The molecule has 1 aliphatic rings. The Hall–Kier alpha value is -2.04. The van der Waals surface area contributed by atoms with Crippen LogP contribution in [0.3, 0.4) is 0 Å². The minimum absolute atomic E-state index is 0.0543. The van der Waals surface area contributed by atoms with Crippen LogP contribution < -0.4 is 10.6 Å². The smallest absolute Gasteiger partial charge is 0.313 e. The molecule has 0 heterocycles. The Balaban J connectivity index is 1.89. The summed E-state index contributed by atoms with van der Waals surface area (Å²) in [6.45, 7) is 0. The number of phenols is 1. The van der Waals surface area contributed by atoms with Gasteiger partial charge in [-0.25, -0.2) is 0 Å². The Morgan fingerprint density at radius 2 is 1.74 bits per heavy atom. The van der Waals surface area contributed by atoms with Crippen molar-refractivity contribution in [1.82, 2.24) is 5.32 Å².